The fourth-order valence-corrected chi connectivity index (χ4v) is 11.7. The number of benzene rings is 1. The predicted molar refractivity (Wildman–Crippen MR) is 170 cm³/mol. The van der Waals surface area contributed by atoms with Crippen LogP contribution in [-0.2, 0) is 33.0 Å². The Morgan fingerprint density at radius 3 is 2.17 bits per heavy atom. The second-order valence-corrected chi connectivity index (χ2v) is 19.1. The zero-order valence-corrected chi connectivity index (χ0v) is 29.2. The lowest BCUT2D eigenvalue weighted by molar-refractivity contribution is -0.343. The highest BCUT2D eigenvalue weighted by Crippen LogP contribution is 2.63. The number of hydrogen-bond acceptors (Lipinski definition) is 10. The topological polar surface area (TPSA) is 146 Å². The van der Waals surface area contributed by atoms with Crippen LogP contribution in [0.25, 0.3) is 0 Å². The van der Waals surface area contributed by atoms with E-state index in [-0.39, 0.29) is 30.6 Å². The van der Waals surface area contributed by atoms with Crippen molar-refractivity contribution in [1.29, 1.82) is 0 Å². The number of hydrogen-bond donors (Lipinski definition) is 2. The molecule has 5 rings (SSSR count). The van der Waals surface area contributed by atoms with Crippen molar-refractivity contribution >= 4 is 31.8 Å². The minimum absolute atomic E-state index is 0.0529. The Kier molecular flexibility index (Phi) is 8.86. The average Bonchev–Trinajstić information content (AvgIpc) is 3.01. The Morgan fingerprint density at radius 2 is 1.65 bits per heavy atom. The molecule has 10 nitrogen and oxygen atoms in total. The summed E-state index contributed by atoms with van der Waals surface area (Å²) in [6, 6.07) is 10.7. The number of fused-ring (bicyclic) bond motifs is 5. The van der Waals surface area contributed by atoms with Crippen LogP contribution in [0.15, 0.2) is 41.5 Å². The molecule has 1 aliphatic heterocycles. The molecule has 0 aromatic heterocycles. The number of ketones is 2. The Labute approximate surface area is 271 Å². The van der Waals surface area contributed by atoms with E-state index in [0.717, 1.165) is 18.1 Å². The smallest absolute Gasteiger partial charge is 0.338 e. The van der Waals surface area contributed by atoms with Gasteiger partial charge in [0.15, 0.2) is 13.9 Å². The van der Waals surface area contributed by atoms with Crippen molar-refractivity contribution in [3.8, 4) is 0 Å². The van der Waals surface area contributed by atoms with Crippen molar-refractivity contribution in [3.05, 3.63) is 47.0 Å². The Bertz CT molecular complexity index is 1440. The molecule has 1 heterocycles. The van der Waals surface area contributed by atoms with Crippen LogP contribution in [0.4, 0.5) is 0 Å². The highest BCUT2D eigenvalue weighted by molar-refractivity contribution is 6.73. The van der Waals surface area contributed by atoms with E-state index >= 15 is 0 Å². The maximum Gasteiger partial charge on any atom is 0.338 e. The molecule has 3 aliphatic carbocycles. The monoisotopic (exact) mass is 656 g/mol. The minimum Gasteiger partial charge on any atom is -0.455 e. The summed E-state index contributed by atoms with van der Waals surface area (Å²) in [5, 5.41) is 25.0. The first-order valence-electron chi connectivity index (χ1n) is 16.5. The van der Waals surface area contributed by atoms with Crippen LogP contribution in [0.5, 0.6) is 0 Å². The number of aliphatic hydroxyl groups excluding tert-OH is 1. The normalized spacial score (nSPS) is 36.9. The maximum absolute atomic E-state index is 14.7. The van der Waals surface area contributed by atoms with Crippen molar-refractivity contribution in [1.82, 2.24) is 0 Å². The fraction of sp³-hybridized carbons (Fsp3) is 0.657. The number of Topliss-reactive ketones (excluding diaryl/α,β-unsaturated/α-hetero) is 2. The molecule has 11 heteroatoms. The van der Waals surface area contributed by atoms with Gasteiger partial charge in [-0.25, -0.2) is 4.79 Å². The Balaban J connectivity index is 1.82. The number of aliphatic hydroxyl groups is 2. The van der Waals surface area contributed by atoms with Crippen LogP contribution < -0.4 is 0 Å². The standard InChI is InChI=1S/C35H48O10Si/c1-9-46(10-2,11-3)45-23-18-35(41)30(43-31(40)22-15-13-12-14-16-22)28-33(8,29(39)27(38)26(20(23)4)32(35,6)7)24(37)17-25-34(28,19-42-25)44-21(5)36/h12-16,23-25,28,30,37,41H,9-11,17-19H2,1-8H3/t23-,24-,25+,28-,30-,33+,34-,35+/m0/s1. The van der Waals surface area contributed by atoms with Crippen LogP contribution >= 0.6 is 0 Å². The molecule has 0 radical (unpaired) electrons. The number of carbonyl (C=O) groups excluding carboxylic acids is 4. The SMILES string of the molecule is CC[Si](CC)(CC)O[C@H]1C[C@@]2(O)[C@@H](OC(=O)c3ccccc3)[C@@H]3[C@]4(OC(C)=O)CO[C@@H]4C[C@H](O)[C@@]3(C)C(=O)C(=O)C(=C1C)C2(C)C. The van der Waals surface area contributed by atoms with E-state index in [1.54, 1.807) is 51.1 Å². The van der Waals surface area contributed by atoms with Crippen LogP contribution in [0.3, 0.4) is 0 Å². The molecule has 4 aliphatic rings. The van der Waals surface area contributed by atoms with Crippen molar-refractivity contribution in [2.75, 3.05) is 6.61 Å². The lowest BCUT2D eigenvalue weighted by Crippen LogP contribution is -2.81. The first kappa shape index (κ1) is 34.6. The van der Waals surface area contributed by atoms with Crippen molar-refractivity contribution in [2.45, 2.75) is 122 Å². The molecule has 2 bridgehead atoms. The van der Waals surface area contributed by atoms with Gasteiger partial charge in [-0.1, -0.05) is 52.8 Å². The summed E-state index contributed by atoms with van der Waals surface area (Å²) < 4.78 is 25.2. The molecule has 1 saturated heterocycles. The maximum atomic E-state index is 14.7. The van der Waals surface area contributed by atoms with Crippen molar-refractivity contribution in [2.24, 2.45) is 16.7 Å². The third-order valence-corrected chi connectivity index (χ3v) is 16.7. The van der Waals surface area contributed by atoms with Gasteiger partial charge in [0, 0.05) is 30.8 Å². The third kappa shape index (κ3) is 4.79. The van der Waals surface area contributed by atoms with Crippen molar-refractivity contribution < 1.29 is 48.0 Å². The van der Waals surface area contributed by atoms with E-state index in [4.69, 9.17) is 18.6 Å². The van der Waals surface area contributed by atoms with E-state index in [2.05, 4.69) is 20.8 Å². The number of carbonyl (C=O) groups is 4. The molecule has 1 aromatic rings. The van der Waals surface area contributed by atoms with Gasteiger partial charge in [-0.15, -0.1) is 0 Å². The summed E-state index contributed by atoms with van der Waals surface area (Å²) in [5.74, 6) is -4.50. The molecule has 0 unspecified atom stereocenters. The van der Waals surface area contributed by atoms with Gasteiger partial charge in [-0.05, 0) is 49.7 Å². The van der Waals surface area contributed by atoms with Gasteiger partial charge in [0.1, 0.15) is 17.8 Å². The number of ether oxygens (including phenoxy) is 3. The zero-order chi connectivity index (χ0) is 34.0. The van der Waals surface area contributed by atoms with Crippen LogP contribution in [0.1, 0.15) is 78.6 Å². The molecule has 3 fully saturated rings. The molecule has 0 amide bonds. The molecule has 2 N–H and O–H groups in total. The Morgan fingerprint density at radius 1 is 1.04 bits per heavy atom. The largest absolute Gasteiger partial charge is 0.455 e. The minimum atomic E-state index is -2.34. The molecule has 252 valence electrons. The summed E-state index contributed by atoms with van der Waals surface area (Å²) in [5.41, 5.74) is -6.06. The van der Waals surface area contributed by atoms with Gasteiger partial charge in [-0.2, -0.15) is 0 Å². The van der Waals surface area contributed by atoms with Crippen LogP contribution in [0.2, 0.25) is 18.1 Å². The fourth-order valence-electron chi connectivity index (χ4n) is 8.86. The first-order valence-corrected chi connectivity index (χ1v) is 19.0. The zero-order valence-electron chi connectivity index (χ0n) is 28.2. The molecule has 1 aromatic carbocycles. The average molecular weight is 657 g/mol. The summed E-state index contributed by atoms with van der Waals surface area (Å²) >= 11 is 0. The van der Waals surface area contributed by atoms with Gasteiger partial charge in [0.2, 0.25) is 11.6 Å². The molecule has 46 heavy (non-hydrogen) atoms. The summed E-state index contributed by atoms with van der Waals surface area (Å²) in [4.78, 5) is 55.9. The van der Waals surface area contributed by atoms with Gasteiger partial charge >= 0.3 is 11.9 Å². The van der Waals surface area contributed by atoms with E-state index in [1.807, 2.05) is 0 Å². The van der Waals surface area contributed by atoms with Gasteiger partial charge in [0.25, 0.3) is 0 Å². The van der Waals surface area contributed by atoms with Gasteiger partial charge in [-0.3, -0.25) is 14.4 Å². The highest BCUT2D eigenvalue weighted by Gasteiger charge is 2.78. The second-order valence-electron chi connectivity index (χ2n) is 14.4. The van der Waals surface area contributed by atoms with Gasteiger partial charge in [0.05, 0.1) is 35.7 Å². The summed E-state index contributed by atoms with van der Waals surface area (Å²) in [6.07, 6.45) is -4.72. The lowest BCUT2D eigenvalue weighted by atomic mass is 9.45. The lowest BCUT2D eigenvalue weighted by Gasteiger charge is -2.66. The predicted octanol–water partition coefficient (Wildman–Crippen LogP) is 4.32. The summed E-state index contributed by atoms with van der Waals surface area (Å²) in [7, 11) is -2.34. The Hall–Kier alpha value is -2.70. The van der Waals surface area contributed by atoms with Crippen LogP contribution in [-0.4, -0.2) is 84.3 Å². The highest BCUT2D eigenvalue weighted by atomic mass is 28.4. The summed E-state index contributed by atoms with van der Waals surface area (Å²) in [6.45, 7) is 13.9. The van der Waals surface area contributed by atoms with Crippen molar-refractivity contribution in [3.63, 3.8) is 0 Å². The molecular formula is C35H48O10Si. The molecular weight excluding hydrogens is 608 g/mol. The van der Waals surface area contributed by atoms with E-state index in [0.29, 0.717) is 5.57 Å². The van der Waals surface area contributed by atoms with Gasteiger partial charge < -0.3 is 28.8 Å². The number of rotatable bonds is 8. The second kappa shape index (κ2) is 11.8. The van der Waals surface area contributed by atoms with E-state index < -0.39 is 84.2 Å². The van der Waals surface area contributed by atoms with Crippen LogP contribution in [0, 0.1) is 16.7 Å². The molecule has 2 saturated carbocycles. The number of esters is 2. The quantitative estimate of drug-likeness (QED) is 0.236. The third-order valence-electron chi connectivity index (χ3n) is 12.0. The first-order chi connectivity index (χ1) is 21.5. The van der Waals surface area contributed by atoms with E-state index in [9.17, 15) is 29.4 Å². The van der Waals surface area contributed by atoms with E-state index in [1.165, 1.54) is 13.8 Å². The molecule has 8 atom stereocenters. The molecule has 0 spiro atoms.